The fourth-order valence-electron chi connectivity index (χ4n) is 1.73. The van der Waals surface area contributed by atoms with Crippen LogP contribution in [0.5, 0.6) is 0 Å². The van der Waals surface area contributed by atoms with Gasteiger partial charge in [0.1, 0.15) is 0 Å². The Morgan fingerprint density at radius 3 is 2.47 bits per heavy atom. The number of alkyl halides is 1. The highest BCUT2D eigenvalue weighted by molar-refractivity contribution is 9.09. The Morgan fingerprint density at radius 1 is 1.29 bits per heavy atom. The molecule has 1 unspecified atom stereocenters. The van der Waals surface area contributed by atoms with Crippen molar-refractivity contribution in [1.82, 2.24) is 0 Å². The van der Waals surface area contributed by atoms with Crippen LogP contribution in [0, 0.1) is 10.1 Å². The number of unbranched alkanes of at least 4 members (excludes halogenated alkanes) is 2. The highest BCUT2D eigenvalue weighted by Crippen LogP contribution is 2.19. The van der Waals surface area contributed by atoms with E-state index < -0.39 is 0 Å². The van der Waals surface area contributed by atoms with Crippen molar-refractivity contribution in [3.05, 3.63) is 39.9 Å². The van der Waals surface area contributed by atoms with Crippen molar-refractivity contribution in [3.63, 3.8) is 0 Å². The minimum Gasteiger partial charge on any atom is -0.258 e. The summed E-state index contributed by atoms with van der Waals surface area (Å²) < 4.78 is 0. The summed E-state index contributed by atoms with van der Waals surface area (Å²) in [6.07, 6.45) is 5.82. The van der Waals surface area contributed by atoms with Gasteiger partial charge in [0.2, 0.25) is 0 Å². The van der Waals surface area contributed by atoms with Crippen LogP contribution in [-0.2, 0) is 6.42 Å². The Bertz CT molecular complexity index is 351. The number of nitrogens with zero attached hydrogens (tertiary/aromatic N) is 1. The second kappa shape index (κ2) is 7.43. The summed E-state index contributed by atoms with van der Waals surface area (Å²) in [4.78, 5) is 10.6. The minimum absolute atomic E-state index is 0.158. The number of rotatable bonds is 7. The van der Waals surface area contributed by atoms with Crippen molar-refractivity contribution in [2.24, 2.45) is 0 Å². The summed E-state index contributed by atoms with van der Waals surface area (Å²) in [5, 5.41) is 10.5. The van der Waals surface area contributed by atoms with Gasteiger partial charge in [0.25, 0.3) is 5.69 Å². The third kappa shape index (κ3) is 5.31. The van der Waals surface area contributed by atoms with E-state index >= 15 is 0 Å². The summed E-state index contributed by atoms with van der Waals surface area (Å²) in [5.41, 5.74) is 1.31. The van der Waals surface area contributed by atoms with Gasteiger partial charge in [-0.2, -0.15) is 0 Å². The zero-order valence-corrected chi connectivity index (χ0v) is 11.6. The predicted octanol–water partition coefficient (Wildman–Crippen LogP) is 4.48. The lowest BCUT2D eigenvalue weighted by Crippen LogP contribution is -2.02. The van der Waals surface area contributed by atoms with Gasteiger partial charge in [0.05, 0.1) is 4.92 Å². The van der Waals surface area contributed by atoms with Gasteiger partial charge in [-0.05, 0) is 18.4 Å². The standard InChI is InChI=1S/C13H18BrNO2/c1-2-3-4-5-12(14)10-11-6-8-13(9-7-11)15(16)17/h6-9,12H,2-5,10H2,1H3. The number of non-ortho nitro benzene ring substituents is 1. The highest BCUT2D eigenvalue weighted by Gasteiger charge is 2.08. The Kier molecular flexibility index (Phi) is 6.19. The summed E-state index contributed by atoms with van der Waals surface area (Å²) >= 11 is 3.66. The van der Waals surface area contributed by atoms with Crippen molar-refractivity contribution in [2.45, 2.75) is 43.9 Å². The van der Waals surface area contributed by atoms with E-state index in [9.17, 15) is 10.1 Å². The summed E-state index contributed by atoms with van der Waals surface area (Å²) in [7, 11) is 0. The second-order valence-electron chi connectivity index (χ2n) is 4.22. The lowest BCUT2D eigenvalue weighted by atomic mass is 10.1. The maximum Gasteiger partial charge on any atom is 0.269 e. The van der Waals surface area contributed by atoms with Crippen LogP contribution in [0.4, 0.5) is 5.69 Å². The molecule has 0 saturated carbocycles. The van der Waals surface area contributed by atoms with Gasteiger partial charge >= 0.3 is 0 Å². The smallest absolute Gasteiger partial charge is 0.258 e. The van der Waals surface area contributed by atoms with Gasteiger partial charge in [-0.3, -0.25) is 10.1 Å². The number of halogens is 1. The van der Waals surface area contributed by atoms with Crippen LogP contribution in [0.2, 0.25) is 0 Å². The van der Waals surface area contributed by atoms with Crippen LogP contribution in [0.3, 0.4) is 0 Å². The van der Waals surface area contributed by atoms with Crippen LogP contribution < -0.4 is 0 Å². The molecule has 0 saturated heterocycles. The molecule has 0 aliphatic heterocycles. The fourth-order valence-corrected chi connectivity index (χ4v) is 2.42. The molecule has 0 radical (unpaired) electrons. The van der Waals surface area contributed by atoms with Crippen molar-refractivity contribution < 1.29 is 4.92 Å². The maximum atomic E-state index is 10.5. The average molecular weight is 300 g/mol. The number of hydrogen-bond donors (Lipinski definition) is 0. The van der Waals surface area contributed by atoms with Crippen molar-refractivity contribution in [1.29, 1.82) is 0 Å². The van der Waals surface area contributed by atoms with Gasteiger partial charge in [-0.15, -0.1) is 0 Å². The summed E-state index contributed by atoms with van der Waals surface area (Å²) in [6, 6.07) is 6.82. The molecule has 0 bridgehead atoms. The normalized spacial score (nSPS) is 12.4. The number of benzene rings is 1. The van der Waals surface area contributed by atoms with Gasteiger partial charge in [0, 0.05) is 17.0 Å². The molecule has 1 aromatic rings. The minimum atomic E-state index is -0.364. The third-order valence-electron chi connectivity index (χ3n) is 2.73. The first-order valence-corrected chi connectivity index (χ1v) is 6.92. The second-order valence-corrected chi connectivity index (χ2v) is 5.52. The van der Waals surface area contributed by atoms with E-state index in [-0.39, 0.29) is 10.6 Å². The van der Waals surface area contributed by atoms with Gasteiger partial charge in [0.15, 0.2) is 0 Å². The Balaban J connectivity index is 2.43. The molecule has 1 rings (SSSR count). The third-order valence-corrected chi connectivity index (χ3v) is 3.51. The van der Waals surface area contributed by atoms with E-state index in [2.05, 4.69) is 22.9 Å². The van der Waals surface area contributed by atoms with Crippen LogP contribution in [0.25, 0.3) is 0 Å². The van der Waals surface area contributed by atoms with Crippen LogP contribution in [-0.4, -0.2) is 9.75 Å². The average Bonchev–Trinajstić information content (AvgIpc) is 2.30. The van der Waals surface area contributed by atoms with Gasteiger partial charge in [-0.1, -0.05) is 54.2 Å². The molecular formula is C13H18BrNO2. The largest absolute Gasteiger partial charge is 0.269 e. The molecule has 1 atom stereocenters. The lowest BCUT2D eigenvalue weighted by molar-refractivity contribution is -0.384. The van der Waals surface area contributed by atoms with Gasteiger partial charge < -0.3 is 0 Å². The monoisotopic (exact) mass is 299 g/mol. The molecule has 4 heteroatoms. The van der Waals surface area contributed by atoms with Crippen LogP contribution >= 0.6 is 15.9 Å². The van der Waals surface area contributed by atoms with Gasteiger partial charge in [-0.25, -0.2) is 0 Å². The number of nitro benzene ring substituents is 1. The quantitative estimate of drug-likeness (QED) is 0.322. The van der Waals surface area contributed by atoms with Crippen LogP contribution in [0.15, 0.2) is 24.3 Å². The first-order chi connectivity index (χ1) is 8.13. The Hall–Kier alpha value is -0.900. The maximum absolute atomic E-state index is 10.5. The van der Waals surface area contributed by atoms with E-state index in [1.807, 2.05) is 12.1 Å². The lowest BCUT2D eigenvalue weighted by Gasteiger charge is -2.09. The molecule has 0 aliphatic carbocycles. The number of nitro groups is 1. The van der Waals surface area contributed by atoms with E-state index in [1.165, 1.54) is 19.3 Å². The molecule has 0 spiro atoms. The predicted molar refractivity (Wildman–Crippen MR) is 73.7 cm³/mol. The first-order valence-electron chi connectivity index (χ1n) is 6.01. The fraction of sp³-hybridized carbons (Fsp3) is 0.538. The zero-order chi connectivity index (χ0) is 12.7. The van der Waals surface area contributed by atoms with Crippen LogP contribution in [0.1, 0.15) is 38.2 Å². The molecule has 0 N–H and O–H groups in total. The Morgan fingerprint density at radius 2 is 1.94 bits per heavy atom. The zero-order valence-electron chi connectivity index (χ0n) is 10.1. The highest BCUT2D eigenvalue weighted by atomic mass is 79.9. The first kappa shape index (κ1) is 14.2. The molecular weight excluding hydrogens is 282 g/mol. The topological polar surface area (TPSA) is 43.1 Å². The molecule has 3 nitrogen and oxygen atoms in total. The van der Waals surface area contributed by atoms with Crippen molar-refractivity contribution in [2.75, 3.05) is 0 Å². The molecule has 0 fully saturated rings. The van der Waals surface area contributed by atoms with E-state index in [4.69, 9.17) is 0 Å². The Labute approximate surface area is 111 Å². The molecule has 0 aromatic heterocycles. The molecule has 17 heavy (non-hydrogen) atoms. The molecule has 94 valence electrons. The van der Waals surface area contributed by atoms with E-state index in [1.54, 1.807) is 12.1 Å². The number of hydrogen-bond acceptors (Lipinski definition) is 2. The molecule has 0 heterocycles. The molecule has 1 aromatic carbocycles. The van der Waals surface area contributed by atoms with Crippen molar-refractivity contribution in [3.8, 4) is 0 Å². The molecule has 0 aliphatic rings. The summed E-state index contributed by atoms with van der Waals surface area (Å²) in [5.74, 6) is 0. The van der Waals surface area contributed by atoms with Crippen molar-refractivity contribution >= 4 is 21.6 Å². The molecule has 0 amide bonds. The SMILES string of the molecule is CCCCCC(Br)Cc1ccc([N+](=O)[O-])cc1. The summed E-state index contributed by atoms with van der Waals surface area (Å²) in [6.45, 7) is 2.19. The van der Waals surface area contributed by atoms with E-state index in [0.29, 0.717) is 4.83 Å². The van der Waals surface area contributed by atoms with E-state index in [0.717, 1.165) is 18.4 Å².